The molecule has 0 fully saturated rings. The number of nitrogens with zero attached hydrogens (tertiary/aromatic N) is 2. The summed E-state index contributed by atoms with van der Waals surface area (Å²) >= 11 is 0. The number of pyridine rings is 1. The van der Waals surface area contributed by atoms with Crippen LogP contribution in [-0.2, 0) is 13.0 Å². The first kappa shape index (κ1) is 22.7. The minimum Gasteiger partial charge on any atom is -0.485 e. The number of rotatable bonds is 9. The Morgan fingerprint density at radius 1 is 1.15 bits per heavy atom. The van der Waals surface area contributed by atoms with Gasteiger partial charge in [-0.2, -0.15) is 0 Å². The summed E-state index contributed by atoms with van der Waals surface area (Å²) in [5.41, 5.74) is 3.93. The van der Waals surface area contributed by atoms with Gasteiger partial charge in [-0.25, -0.2) is 9.37 Å². The first-order valence-electron chi connectivity index (χ1n) is 11.1. The first-order valence-corrected chi connectivity index (χ1v) is 11.1. The summed E-state index contributed by atoms with van der Waals surface area (Å²) in [5.74, 6) is -0.223. The summed E-state index contributed by atoms with van der Waals surface area (Å²) in [7, 11) is 0. The van der Waals surface area contributed by atoms with Gasteiger partial charge in [-0.1, -0.05) is 55.5 Å². The summed E-state index contributed by atoms with van der Waals surface area (Å²) in [5, 5.41) is 9.91. The highest BCUT2D eigenvalue weighted by Crippen LogP contribution is 2.28. The van der Waals surface area contributed by atoms with Crippen molar-refractivity contribution >= 4 is 11.4 Å². The fourth-order valence-corrected chi connectivity index (χ4v) is 4.02. The van der Waals surface area contributed by atoms with Gasteiger partial charge in [0.25, 0.3) is 0 Å². The molecule has 0 radical (unpaired) electrons. The van der Waals surface area contributed by atoms with Crippen LogP contribution in [0.5, 0.6) is 5.75 Å². The van der Waals surface area contributed by atoms with E-state index in [9.17, 15) is 14.3 Å². The van der Waals surface area contributed by atoms with Crippen molar-refractivity contribution in [3.8, 4) is 5.75 Å². The molecule has 2 heterocycles. The SMILES string of the molecule is CCc1cc(OCc2ccccc2F)c2nc(C)c(C(=O)C[C@@H](CO)c3ccccc3)n2c1. The number of halogens is 1. The number of aryl methyl sites for hydroxylation is 2. The number of carbonyl (C=O) groups is 1. The van der Waals surface area contributed by atoms with Crippen molar-refractivity contribution in [2.45, 2.75) is 39.2 Å². The van der Waals surface area contributed by atoms with Crippen molar-refractivity contribution in [1.29, 1.82) is 0 Å². The molecule has 5 nitrogen and oxygen atoms in total. The van der Waals surface area contributed by atoms with Gasteiger partial charge in [0.15, 0.2) is 17.2 Å². The van der Waals surface area contributed by atoms with E-state index < -0.39 is 0 Å². The number of imidazole rings is 1. The number of benzene rings is 2. The number of hydrogen-bond donors (Lipinski definition) is 1. The molecule has 1 atom stereocenters. The standard InChI is InChI=1S/C27H27FN2O3/c1-3-19-13-25(33-17-21-11-7-8-12-23(21)28)27-29-18(2)26(30(27)15-19)24(32)14-22(16-31)20-9-5-4-6-10-20/h4-13,15,22,31H,3,14,16-17H2,1-2H3/t22-/m0/s1. The highest BCUT2D eigenvalue weighted by Gasteiger charge is 2.23. The second-order valence-electron chi connectivity index (χ2n) is 8.10. The van der Waals surface area contributed by atoms with Crippen LogP contribution in [0.1, 0.15) is 52.1 Å². The van der Waals surface area contributed by atoms with Crippen molar-refractivity contribution in [1.82, 2.24) is 9.38 Å². The summed E-state index contributed by atoms with van der Waals surface area (Å²) in [6.45, 7) is 3.75. The Bertz CT molecular complexity index is 1270. The Kier molecular flexibility index (Phi) is 6.84. The van der Waals surface area contributed by atoms with Gasteiger partial charge >= 0.3 is 0 Å². The Labute approximate surface area is 192 Å². The topological polar surface area (TPSA) is 63.8 Å². The molecule has 0 amide bonds. The van der Waals surface area contributed by atoms with E-state index in [0.717, 1.165) is 17.5 Å². The third-order valence-electron chi connectivity index (χ3n) is 5.85. The smallest absolute Gasteiger partial charge is 0.182 e. The minimum absolute atomic E-state index is 0.0608. The van der Waals surface area contributed by atoms with Gasteiger partial charge < -0.3 is 9.84 Å². The van der Waals surface area contributed by atoms with Gasteiger partial charge in [0.1, 0.15) is 18.1 Å². The number of aliphatic hydroxyl groups excluding tert-OH is 1. The van der Waals surface area contributed by atoms with Crippen LogP contribution in [0.25, 0.3) is 5.65 Å². The average molecular weight is 447 g/mol. The maximum Gasteiger partial charge on any atom is 0.182 e. The minimum atomic E-state index is -0.327. The zero-order valence-electron chi connectivity index (χ0n) is 18.8. The van der Waals surface area contributed by atoms with Crippen molar-refractivity contribution in [2.24, 2.45) is 0 Å². The van der Waals surface area contributed by atoms with E-state index in [2.05, 4.69) is 4.98 Å². The lowest BCUT2D eigenvalue weighted by Gasteiger charge is -2.14. The summed E-state index contributed by atoms with van der Waals surface area (Å²) in [6.07, 6.45) is 2.80. The Hall–Kier alpha value is -3.51. The third-order valence-corrected chi connectivity index (χ3v) is 5.85. The molecule has 170 valence electrons. The van der Waals surface area contributed by atoms with E-state index >= 15 is 0 Å². The van der Waals surface area contributed by atoms with E-state index in [1.54, 1.807) is 29.5 Å². The van der Waals surface area contributed by atoms with Crippen LogP contribution in [0.15, 0.2) is 66.9 Å². The monoisotopic (exact) mass is 446 g/mol. The normalized spacial score (nSPS) is 12.1. The van der Waals surface area contributed by atoms with E-state index in [-0.39, 0.29) is 37.2 Å². The Morgan fingerprint density at radius 2 is 1.88 bits per heavy atom. The molecule has 0 aliphatic carbocycles. The molecule has 0 saturated carbocycles. The maximum absolute atomic E-state index is 14.1. The Morgan fingerprint density at radius 3 is 2.58 bits per heavy atom. The van der Waals surface area contributed by atoms with Crippen LogP contribution in [0.4, 0.5) is 4.39 Å². The summed E-state index contributed by atoms with van der Waals surface area (Å²) in [4.78, 5) is 18.0. The molecule has 4 aromatic rings. The van der Waals surface area contributed by atoms with Crippen LogP contribution in [0, 0.1) is 12.7 Å². The fraction of sp³-hybridized carbons (Fsp3) is 0.259. The second-order valence-corrected chi connectivity index (χ2v) is 8.10. The van der Waals surface area contributed by atoms with Crippen LogP contribution >= 0.6 is 0 Å². The number of ether oxygens (including phenoxy) is 1. The quantitative estimate of drug-likeness (QED) is 0.356. The molecule has 1 N–H and O–H groups in total. The van der Waals surface area contributed by atoms with Crippen molar-refractivity contribution < 1.29 is 19.0 Å². The largest absolute Gasteiger partial charge is 0.485 e. The van der Waals surface area contributed by atoms with Gasteiger partial charge in [-0.05, 0) is 36.6 Å². The first-order chi connectivity index (χ1) is 16.0. The molecule has 0 unspecified atom stereocenters. The molecule has 33 heavy (non-hydrogen) atoms. The molecule has 0 bridgehead atoms. The number of carbonyl (C=O) groups excluding carboxylic acids is 1. The molecule has 6 heteroatoms. The molecular weight excluding hydrogens is 419 g/mol. The molecule has 0 spiro atoms. The van der Waals surface area contributed by atoms with Gasteiger partial charge in [-0.15, -0.1) is 0 Å². The lowest BCUT2D eigenvalue weighted by Crippen LogP contribution is -2.14. The summed E-state index contributed by atoms with van der Waals surface area (Å²) < 4.78 is 21.8. The predicted molar refractivity (Wildman–Crippen MR) is 125 cm³/mol. The van der Waals surface area contributed by atoms with E-state index in [0.29, 0.717) is 28.3 Å². The van der Waals surface area contributed by atoms with Crippen LogP contribution in [-0.4, -0.2) is 26.9 Å². The highest BCUT2D eigenvalue weighted by atomic mass is 19.1. The fourth-order valence-electron chi connectivity index (χ4n) is 4.02. The second kappa shape index (κ2) is 9.96. The summed E-state index contributed by atoms with van der Waals surface area (Å²) in [6, 6.07) is 17.9. The number of Topliss-reactive ketones (excluding diaryl/α,β-unsaturated/α-hetero) is 1. The third kappa shape index (κ3) is 4.81. The molecule has 4 rings (SSSR count). The molecule has 2 aromatic carbocycles. The molecular formula is C27H27FN2O3. The van der Waals surface area contributed by atoms with Gasteiger partial charge in [0.05, 0.1) is 12.3 Å². The van der Waals surface area contributed by atoms with Gasteiger partial charge in [0, 0.05) is 24.1 Å². The van der Waals surface area contributed by atoms with E-state index in [1.807, 2.05) is 49.5 Å². The van der Waals surface area contributed by atoms with Crippen LogP contribution in [0.3, 0.4) is 0 Å². The predicted octanol–water partition coefficient (Wildman–Crippen LogP) is 5.27. The van der Waals surface area contributed by atoms with E-state index in [1.165, 1.54) is 6.07 Å². The number of aromatic nitrogens is 2. The maximum atomic E-state index is 14.1. The number of ketones is 1. The lowest BCUT2D eigenvalue weighted by atomic mass is 9.93. The molecule has 0 aliphatic heterocycles. The van der Waals surface area contributed by atoms with Crippen molar-refractivity contribution in [3.05, 3.63) is 101 Å². The zero-order chi connectivity index (χ0) is 23.4. The molecule has 2 aromatic heterocycles. The van der Waals surface area contributed by atoms with Gasteiger partial charge in [-0.3, -0.25) is 9.20 Å². The highest BCUT2D eigenvalue weighted by molar-refractivity contribution is 5.97. The van der Waals surface area contributed by atoms with Gasteiger partial charge in [0.2, 0.25) is 0 Å². The average Bonchev–Trinajstić information content (AvgIpc) is 3.18. The van der Waals surface area contributed by atoms with Crippen molar-refractivity contribution in [3.63, 3.8) is 0 Å². The van der Waals surface area contributed by atoms with Crippen LogP contribution < -0.4 is 4.74 Å². The zero-order valence-corrected chi connectivity index (χ0v) is 18.8. The Balaban J connectivity index is 1.68. The van der Waals surface area contributed by atoms with E-state index in [4.69, 9.17) is 4.74 Å². The molecule has 0 saturated heterocycles. The van der Waals surface area contributed by atoms with Crippen molar-refractivity contribution in [2.75, 3.05) is 6.61 Å². The number of hydrogen-bond acceptors (Lipinski definition) is 4. The number of aliphatic hydroxyl groups is 1. The van der Waals surface area contributed by atoms with Crippen LogP contribution in [0.2, 0.25) is 0 Å². The number of fused-ring (bicyclic) bond motifs is 1. The molecule has 0 aliphatic rings. The lowest BCUT2D eigenvalue weighted by molar-refractivity contribution is 0.0953.